The highest BCUT2D eigenvalue weighted by Gasteiger charge is 2.12. The number of benzene rings is 2. The van der Waals surface area contributed by atoms with Crippen LogP contribution >= 0.6 is 15.9 Å². The molecule has 0 unspecified atom stereocenters. The summed E-state index contributed by atoms with van der Waals surface area (Å²) >= 11 is 3.44. The maximum atomic E-state index is 12.5. The normalized spacial score (nSPS) is 10.8. The molecule has 3 aromatic rings. The average Bonchev–Trinajstić information content (AvgIpc) is 2.91. The SMILES string of the molecule is CCOc1ccc(C(=O)Nc2ccc(Cc3c(C)nn(C)c3C)cc2)cc1Br. The van der Waals surface area contributed by atoms with Crippen molar-refractivity contribution in [2.75, 3.05) is 11.9 Å². The number of amides is 1. The first-order valence-corrected chi connectivity index (χ1v) is 10.00. The van der Waals surface area contributed by atoms with Gasteiger partial charge in [0, 0.05) is 36.0 Å². The van der Waals surface area contributed by atoms with Gasteiger partial charge in [0.25, 0.3) is 5.91 Å². The lowest BCUT2D eigenvalue weighted by Gasteiger charge is -2.10. The van der Waals surface area contributed by atoms with Crippen LogP contribution in [0.1, 0.15) is 39.8 Å². The molecule has 1 heterocycles. The first kappa shape index (κ1) is 20.1. The summed E-state index contributed by atoms with van der Waals surface area (Å²) in [5.41, 5.74) is 5.99. The Morgan fingerprint density at radius 2 is 1.89 bits per heavy atom. The van der Waals surface area contributed by atoms with E-state index in [1.807, 2.05) is 49.8 Å². The molecule has 0 atom stereocenters. The molecule has 0 aliphatic rings. The van der Waals surface area contributed by atoms with Crippen LogP contribution in [0.5, 0.6) is 5.75 Å². The minimum absolute atomic E-state index is 0.157. The van der Waals surface area contributed by atoms with Gasteiger partial charge in [0.15, 0.2) is 0 Å². The summed E-state index contributed by atoms with van der Waals surface area (Å²) in [6.07, 6.45) is 0.825. The standard InChI is InChI=1S/C22H24BrN3O2/c1-5-28-21-11-8-17(13-20(21)23)22(27)24-18-9-6-16(7-10-18)12-19-14(2)25-26(4)15(19)3/h6-11,13H,5,12H2,1-4H3,(H,24,27). The highest BCUT2D eigenvalue weighted by molar-refractivity contribution is 9.10. The van der Waals surface area contributed by atoms with Crippen LogP contribution < -0.4 is 10.1 Å². The number of anilines is 1. The number of nitrogens with zero attached hydrogens (tertiary/aromatic N) is 2. The Balaban J connectivity index is 1.68. The van der Waals surface area contributed by atoms with Crippen molar-refractivity contribution in [2.24, 2.45) is 7.05 Å². The molecule has 0 aliphatic carbocycles. The van der Waals surface area contributed by atoms with Gasteiger partial charge in [0.05, 0.1) is 16.8 Å². The third kappa shape index (κ3) is 4.44. The third-order valence-electron chi connectivity index (χ3n) is 4.75. The molecule has 28 heavy (non-hydrogen) atoms. The van der Waals surface area contributed by atoms with E-state index in [1.165, 1.54) is 16.8 Å². The lowest BCUT2D eigenvalue weighted by Crippen LogP contribution is -2.12. The quantitative estimate of drug-likeness (QED) is 0.582. The lowest BCUT2D eigenvalue weighted by molar-refractivity contribution is 0.102. The Bertz CT molecular complexity index is 994. The second-order valence-corrected chi connectivity index (χ2v) is 7.53. The summed E-state index contributed by atoms with van der Waals surface area (Å²) in [6.45, 7) is 6.62. The number of ether oxygens (including phenoxy) is 1. The Kier molecular flexibility index (Phi) is 6.19. The van der Waals surface area contributed by atoms with Crippen LogP contribution in [0.3, 0.4) is 0 Å². The van der Waals surface area contributed by atoms with Crippen LogP contribution in [-0.4, -0.2) is 22.3 Å². The summed E-state index contributed by atoms with van der Waals surface area (Å²) in [6, 6.07) is 13.3. The molecular weight excluding hydrogens is 418 g/mol. The van der Waals surface area contributed by atoms with Crippen LogP contribution in [-0.2, 0) is 13.5 Å². The van der Waals surface area contributed by atoms with E-state index < -0.39 is 0 Å². The predicted molar refractivity (Wildman–Crippen MR) is 115 cm³/mol. The van der Waals surface area contributed by atoms with Gasteiger partial charge < -0.3 is 10.1 Å². The third-order valence-corrected chi connectivity index (χ3v) is 5.37. The van der Waals surface area contributed by atoms with Gasteiger partial charge in [-0.1, -0.05) is 12.1 Å². The fourth-order valence-corrected chi connectivity index (χ4v) is 3.59. The van der Waals surface area contributed by atoms with E-state index in [0.717, 1.165) is 28.0 Å². The number of carbonyl (C=O) groups excluding carboxylic acids is 1. The summed E-state index contributed by atoms with van der Waals surface area (Å²) in [4.78, 5) is 12.5. The molecule has 0 radical (unpaired) electrons. The molecule has 146 valence electrons. The summed E-state index contributed by atoms with van der Waals surface area (Å²) < 4.78 is 8.16. The number of rotatable bonds is 6. The van der Waals surface area contributed by atoms with Crippen LogP contribution in [0.2, 0.25) is 0 Å². The van der Waals surface area contributed by atoms with E-state index in [2.05, 4.69) is 33.3 Å². The number of halogens is 1. The van der Waals surface area contributed by atoms with Crippen LogP contribution in [0.4, 0.5) is 5.69 Å². The summed E-state index contributed by atoms with van der Waals surface area (Å²) in [5.74, 6) is 0.569. The zero-order valence-corrected chi connectivity index (χ0v) is 18.1. The van der Waals surface area contributed by atoms with Gasteiger partial charge in [0.1, 0.15) is 5.75 Å². The first-order chi connectivity index (χ1) is 13.4. The molecule has 0 fully saturated rings. The van der Waals surface area contributed by atoms with Gasteiger partial charge in [0.2, 0.25) is 0 Å². The maximum Gasteiger partial charge on any atom is 0.255 e. The van der Waals surface area contributed by atoms with Crippen molar-refractivity contribution in [1.29, 1.82) is 0 Å². The van der Waals surface area contributed by atoms with Gasteiger partial charge in [-0.2, -0.15) is 5.10 Å². The Morgan fingerprint density at radius 1 is 1.18 bits per heavy atom. The van der Waals surface area contributed by atoms with Gasteiger partial charge in [-0.15, -0.1) is 0 Å². The second-order valence-electron chi connectivity index (χ2n) is 6.68. The predicted octanol–water partition coefficient (Wildman–Crippen LogP) is 5.04. The van der Waals surface area contributed by atoms with Crippen LogP contribution in [0.15, 0.2) is 46.9 Å². The Hall–Kier alpha value is -2.60. The fraction of sp³-hybridized carbons (Fsp3) is 0.273. The number of aromatic nitrogens is 2. The molecule has 6 heteroatoms. The van der Waals surface area contributed by atoms with Crippen molar-refractivity contribution in [3.8, 4) is 5.75 Å². The molecule has 1 amide bonds. The van der Waals surface area contributed by atoms with Crippen molar-refractivity contribution in [2.45, 2.75) is 27.2 Å². The van der Waals surface area contributed by atoms with Gasteiger partial charge in [-0.05, 0) is 72.6 Å². The maximum absolute atomic E-state index is 12.5. The molecule has 1 aromatic heterocycles. The molecule has 0 aliphatic heterocycles. The van der Waals surface area contributed by atoms with E-state index in [9.17, 15) is 4.79 Å². The smallest absolute Gasteiger partial charge is 0.255 e. The minimum atomic E-state index is -0.157. The molecule has 0 spiro atoms. The van der Waals surface area contributed by atoms with E-state index in [-0.39, 0.29) is 5.91 Å². The lowest BCUT2D eigenvalue weighted by atomic mass is 10.0. The number of hydrogen-bond acceptors (Lipinski definition) is 3. The fourth-order valence-electron chi connectivity index (χ4n) is 3.10. The monoisotopic (exact) mass is 441 g/mol. The summed E-state index contributed by atoms with van der Waals surface area (Å²) in [5, 5.41) is 7.41. The van der Waals surface area contributed by atoms with Crippen molar-refractivity contribution < 1.29 is 9.53 Å². The van der Waals surface area contributed by atoms with Crippen molar-refractivity contribution >= 4 is 27.5 Å². The number of nitrogens with one attached hydrogen (secondary N) is 1. The highest BCUT2D eigenvalue weighted by atomic mass is 79.9. The van der Waals surface area contributed by atoms with E-state index in [4.69, 9.17) is 4.74 Å². The molecule has 0 saturated carbocycles. The van der Waals surface area contributed by atoms with E-state index >= 15 is 0 Å². The van der Waals surface area contributed by atoms with Crippen LogP contribution in [0, 0.1) is 13.8 Å². The molecular formula is C22H24BrN3O2. The molecule has 3 rings (SSSR count). The Morgan fingerprint density at radius 3 is 2.46 bits per heavy atom. The number of carbonyl (C=O) groups is 1. The zero-order chi connectivity index (χ0) is 20.3. The van der Waals surface area contributed by atoms with Crippen LogP contribution in [0.25, 0.3) is 0 Å². The van der Waals surface area contributed by atoms with Crippen molar-refractivity contribution in [1.82, 2.24) is 9.78 Å². The van der Waals surface area contributed by atoms with Gasteiger partial charge >= 0.3 is 0 Å². The molecule has 1 N–H and O–H groups in total. The second kappa shape index (κ2) is 8.61. The van der Waals surface area contributed by atoms with E-state index in [1.54, 1.807) is 18.2 Å². The topological polar surface area (TPSA) is 56.1 Å². The van der Waals surface area contributed by atoms with Gasteiger partial charge in [-0.25, -0.2) is 0 Å². The first-order valence-electron chi connectivity index (χ1n) is 9.20. The molecule has 0 saturated heterocycles. The highest BCUT2D eigenvalue weighted by Crippen LogP contribution is 2.26. The molecule has 0 bridgehead atoms. The summed E-state index contributed by atoms with van der Waals surface area (Å²) in [7, 11) is 1.96. The minimum Gasteiger partial charge on any atom is -0.493 e. The van der Waals surface area contributed by atoms with E-state index in [0.29, 0.717) is 12.2 Å². The largest absolute Gasteiger partial charge is 0.493 e. The molecule has 5 nitrogen and oxygen atoms in total. The number of aryl methyl sites for hydroxylation is 2. The zero-order valence-electron chi connectivity index (χ0n) is 16.5. The van der Waals surface area contributed by atoms with Crippen molar-refractivity contribution in [3.63, 3.8) is 0 Å². The van der Waals surface area contributed by atoms with Crippen molar-refractivity contribution in [3.05, 3.63) is 75.0 Å². The molecule has 2 aromatic carbocycles. The van der Waals surface area contributed by atoms with Gasteiger partial charge in [-0.3, -0.25) is 9.48 Å². The number of hydrogen-bond donors (Lipinski definition) is 1. The Labute approximate surface area is 173 Å². The average molecular weight is 442 g/mol.